The van der Waals surface area contributed by atoms with Gasteiger partial charge in [-0.15, -0.1) is 0 Å². The van der Waals surface area contributed by atoms with Crippen LogP contribution in [-0.2, 0) is 9.78 Å². The Kier molecular flexibility index (Phi) is 3.94. The van der Waals surface area contributed by atoms with E-state index in [1.165, 1.54) is 0 Å². The van der Waals surface area contributed by atoms with Crippen LogP contribution < -0.4 is 4.74 Å². The van der Waals surface area contributed by atoms with Crippen molar-refractivity contribution in [1.82, 2.24) is 0 Å². The summed E-state index contributed by atoms with van der Waals surface area (Å²) in [5, 5.41) is 0. The van der Waals surface area contributed by atoms with Crippen LogP contribution in [0.1, 0.15) is 17.3 Å². The molecule has 14 heavy (non-hydrogen) atoms. The monoisotopic (exact) mass is 195 g/mol. The van der Waals surface area contributed by atoms with Gasteiger partial charge < -0.3 is 4.74 Å². The molecule has 0 N–H and O–H groups in total. The SMILES string of the molecule is [CH2]OOC(=O)c1ccccc1OCC. The number of carbonyl (C=O) groups excluding carboxylic acids is 1. The molecule has 0 bridgehead atoms. The largest absolute Gasteiger partial charge is 0.493 e. The van der Waals surface area contributed by atoms with Gasteiger partial charge >= 0.3 is 5.97 Å². The average molecular weight is 195 g/mol. The third-order valence-electron chi connectivity index (χ3n) is 1.54. The molecule has 1 radical (unpaired) electrons. The fourth-order valence-electron chi connectivity index (χ4n) is 1.02. The van der Waals surface area contributed by atoms with Crippen LogP contribution in [0.4, 0.5) is 0 Å². The molecule has 75 valence electrons. The van der Waals surface area contributed by atoms with Crippen LogP contribution in [0.5, 0.6) is 5.75 Å². The van der Waals surface area contributed by atoms with E-state index in [0.717, 1.165) is 0 Å². The molecular formula is C10H11O4. The van der Waals surface area contributed by atoms with E-state index in [9.17, 15) is 4.79 Å². The van der Waals surface area contributed by atoms with Crippen molar-refractivity contribution in [3.63, 3.8) is 0 Å². The fraction of sp³-hybridized carbons (Fsp3) is 0.200. The van der Waals surface area contributed by atoms with E-state index >= 15 is 0 Å². The molecule has 1 rings (SSSR count). The molecule has 4 heteroatoms. The van der Waals surface area contributed by atoms with Crippen LogP contribution in [0.15, 0.2) is 24.3 Å². The van der Waals surface area contributed by atoms with Crippen molar-refractivity contribution in [3.05, 3.63) is 36.9 Å². The van der Waals surface area contributed by atoms with Gasteiger partial charge in [0.15, 0.2) is 0 Å². The molecule has 0 unspecified atom stereocenters. The zero-order valence-electron chi connectivity index (χ0n) is 7.86. The molecule has 0 fully saturated rings. The summed E-state index contributed by atoms with van der Waals surface area (Å²) >= 11 is 0. The minimum absolute atomic E-state index is 0.318. The molecule has 0 heterocycles. The van der Waals surface area contributed by atoms with E-state index in [1.807, 2.05) is 6.92 Å². The summed E-state index contributed by atoms with van der Waals surface area (Å²) in [4.78, 5) is 19.6. The Bertz CT molecular complexity index is 309. The van der Waals surface area contributed by atoms with E-state index in [4.69, 9.17) is 4.74 Å². The first kappa shape index (κ1) is 10.5. The summed E-state index contributed by atoms with van der Waals surface area (Å²) in [6.07, 6.45) is 0. The normalized spacial score (nSPS) is 9.57. The fourth-order valence-corrected chi connectivity index (χ4v) is 1.02. The lowest BCUT2D eigenvalue weighted by Crippen LogP contribution is -2.06. The molecule has 0 aliphatic heterocycles. The maximum Gasteiger partial charge on any atom is 0.376 e. The van der Waals surface area contributed by atoms with E-state index in [-0.39, 0.29) is 0 Å². The lowest BCUT2D eigenvalue weighted by molar-refractivity contribution is -0.195. The van der Waals surface area contributed by atoms with Crippen LogP contribution >= 0.6 is 0 Å². The number of benzene rings is 1. The first-order valence-electron chi connectivity index (χ1n) is 4.14. The predicted molar refractivity (Wildman–Crippen MR) is 49.5 cm³/mol. The molecule has 4 nitrogen and oxygen atoms in total. The second kappa shape index (κ2) is 5.24. The van der Waals surface area contributed by atoms with Gasteiger partial charge in [0, 0.05) is 0 Å². The van der Waals surface area contributed by atoms with E-state index in [1.54, 1.807) is 24.3 Å². The van der Waals surface area contributed by atoms with Gasteiger partial charge in [-0.05, 0) is 19.1 Å². The molecule has 0 aliphatic rings. The van der Waals surface area contributed by atoms with Gasteiger partial charge in [-0.25, -0.2) is 4.79 Å². The molecule has 1 aromatic rings. The number of carbonyl (C=O) groups is 1. The van der Waals surface area contributed by atoms with Crippen molar-refractivity contribution in [2.45, 2.75) is 6.92 Å². The highest BCUT2D eigenvalue weighted by atomic mass is 17.2. The highest BCUT2D eigenvalue weighted by Gasteiger charge is 2.13. The predicted octanol–water partition coefficient (Wildman–Crippen LogP) is 1.97. The molecule has 0 aromatic heterocycles. The molecule has 0 saturated carbocycles. The highest BCUT2D eigenvalue weighted by Crippen LogP contribution is 2.18. The highest BCUT2D eigenvalue weighted by molar-refractivity contribution is 5.92. The topological polar surface area (TPSA) is 44.8 Å². The van der Waals surface area contributed by atoms with Gasteiger partial charge in [-0.2, -0.15) is 4.89 Å². The number of para-hydroxylation sites is 1. The van der Waals surface area contributed by atoms with Gasteiger partial charge in [0.2, 0.25) is 0 Å². The van der Waals surface area contributed by atoms with Crippen molar-refractivity contribution in [2.75, 3.05) is 6.61 Å². The van der Waals surface area contributed by atoms with Crippen LogP contribution in [-0.4, -0.2) is 12.6 Å². The first-order valence-corrected chi connectivity index (χ1v) is 4.14. The minimum atomic E-state index is -0.621. The average Bonchev–Trinajstić information content (AvgIpc) is 2.19. The molecule has 0 aliphatic carbocycles. The first-order chi connectivity index (χ1) is 6.79. The van der Waals surface area contributed by atoms with Crippen LogP contribution in [0, 0.1) is 7.11 Å². The summed E-state index contributed by atoms with van der Waals surface area (Å²) in [6.45, 7) is 2.31. The zero-order valence-corrected chi connectivity index (χ0v) is 7.86. The minimum Gasteiger partial charge on any atom is -0.493 e. The van der Waals surface area contributed by atoms with Crippen LogP contribution in [0.3, 0.4) is 0 Å². The number of hydrogen-bond acceptors (Lipinski definition) is 4. The van der Waals surface area contributed by atoms with E-state index in [0.29, 0.717) is 17.9 Å². The summed E-state index contributed by atoms with van der Waals surface area (Å²) in [5.41, 5.74) is 0.318. The Hall–Kier alpha value is -1.55. The van der Waals surface area contributed by atoms with Crippen molar-refractivity contribution in [2.24, 2.45) is 0 Å². The maximum absolute atomic E-state index is 11.3. The summed E-state index contributed by atoms with van der Waals surface area (Å²) in [7, 11) is 2.94. The summed E-state index contributed by atoms with van der Waals surface area (Å²) in [5.74, 6) is -0.152. The maximum atomic E-state index is 11.3. The van der Waals surface area contributed by atoms with Gasteiger partial charge in [0.05, 0.1) is 6.61 Å². The van der Waals surface area contributed by atoms with Crippen molar-refractivity contribution < 1.29 is 19.3 Å². The quantitative estimate of drug-likeness (QED) is 0.544. The van der Waals surface area contributed by atoms with Gasteiger partial charge in [0.1, 0.15) is 18.4 Å². The second-order valence-electron chi connectivity index (χ2n) is 2.42. The third kappa shape index (κ3) is 2.47. The van der Waals surface area contributed by atoms with Crippen molar-refractivity contribution in [3.8, 4) is 5.75 Å². The van der Waals surface area contributed by atoms with Crippen molar-refractivity contribution in [1.29, 1.82) is 0 Å². The van der Waals surface area contributed by atoms with Gasteiger partial charge in [-0.3, -0.25) is 4.89 Å². The Morgan fingerprint density at radius 1 is 1.43 bits per heavy atom. The molecular weight excluding hydrogens is 184 g/mol. The number of ether oxygens (including phenoxy) is 1. The van der Waals surface area contributed by atoms with E-state index < -0.39 is 5.97 Å². The molecule has 0 atom stereocenters. The molecule has 1 aromatic carbocycles. The lowest BCUT2D eigenvalue weighted by atomic mass is 10.2. The van der Waals surface area contributed by atoms with E-state index in [2.05, 4.69) is 16.9 Å². The van der Waals surface area contributed by atoms with Gasteiger partial charge in [0.25, 0.3) is 0 Å². The third-order valence-corrected chi connectivity index (χ3v) is 1.54. The van der Waals surface area contributed by atoms with Crippen LogP contribution in [0.25, 0.3) is 0 Å². The summed E-state index contributed by atoms with van der Waals surface area (Å²) < 4.78 is 5.23. The smallest absolute Gasteiger partial charge is 0.376 e. The summed E-state index contributed by atoms with van der Waals surface area (Å²) in [6, 6.07) is 6.75. The van der Waals surface area contributed by atoms with Crippen molar-refractivity contribution >= 4 is 5.97 Å². The Balaban J connectivity index is 2.88. The standard InChI is InChI=1S/C10H11O4/c1-3-13-9-7-5-4-6-8(9)10(11)14-12-2/h4-7H,2-3H2,1H3. The van der Waals surface area contributed by atoms with Crippen LogP contribution in [0.2, 0.25) is 0 Å². The Morgan fingerprint density at radius 2 is 2.14 bits per heavy atom. The van der Waals surface area contributed by atoms with Gasteiger partial charge in [-0.1, -0.05) is 12.1 Å². The number of hydrogen-bond donors (Lipinski definition) is 0. The Labute approximate surface area is 82.3 Å². The molecule has 0 amide bonds. The number of rotatable bonds is 4. The molecule has 0 saturated heterocycles. The molecule has 0 spiro atoms. The Morgan fingerprint density at radius 3 is 2.79 bits per heavy atom. The lowest BCUT2D eigenvalue weighted by Gasteiger charge is -2.07. The zero-order chi connectivity index (χ0) is 10.4. The second-order valence-corrected chi connectivity index (χ2v) is 2.42.